The molecule has 0 aliphatic carbocycles. The van der Waals surface area contributed by atoms with Crippen molar-refractivity contribution in [3.05, 3.63) is 0 Å². The minimum absolute atomic E-state index is 0.0454. The second-order valence-electron chi connectivity index (χ2n) is 6.99. The molecule has 0 saturated carbocycles. The van der Waals surface area contributed by atoms with Gasteiger partial charge in [0.25, 0.3) is 0 Å². The summed E-state index contributed by atoms with van der Waals surface area (Å²) in [6, 6.07) is 0. The number of ether oxygens (including phenoxy) is 1. The lowest BCUT2D eigenvalue weighted by molar-refractivity contribution is -0.0932. The van der Waals surface area contributed by atoms with Crippen LogP contribution in [0.3, 0.4) is 0 Å². The van der Waals surface area contributed by atoms with Gasteiger partial charge in [-0.2, -0.15) is 0 Å². The minimum atomic E-state index is -0.898. The quantitative estimate of drug-likeness (QED) is 0.724. The standard InChI is InChI=1S/C15H29NO5/c1-11(18)12(19)15(7-10-17)5-8-16(9-6-15)13(20)21-14(2,3)4/h11-12,17-19H,5-10H2,1-4H3. The predicted molar refractivity (Wildman–Crippen MR) is 78.9 cm³/mol. The van der Waals surface area contributed by atoms with Crippen LogP contribution < -0.4 is 0 Å². The van der Waals surface area contributed by atoms with E-state index < -0.39 is 23.2 Å². The van der Waals surface area contributed by atoms with Crippen LogP contribution in [0.4, 0.5) is 4.79 Å². The van der Waals surface area contributed by atoms with Crippen molar-refractivity contribution in [3.8, 4) is 0 Å². The Bertz CT molecular complexity index is 342. The van der Waals surface area contributed by atoms with Crippen molar-refractivity contribution >= 4 is 6.09 Å². The molecule has 2 unspecified atom stereocenters. The Kier molecular flexibility index (Phi) is 6.01. The van der Waals surface area contributed by atoms with Gasteiger partial charge in [-0.05, 0) is 47.0 Å². The zero-order chi connectivity index (χ0) is 16.3. The molecule has 0 aromatic carbocycles. The molecule has 0 aromatic rings. The van der Waals surface area contributed by atoms with E-state index >= 15 is 0 Å². The monoisotopic (exact) mass is 303 g/mol. The van der Waals surface area contributed by atoms with Crippen molar-refractivity contribution in [3.63, 3.8) is 0 Å². The van der Waals surface area contributed by atoms with Gasteiger partial charge in [0.1, 0.15) is 5.60 Å². The summed E-state index contributed by atoms with van der Waals surface area (Å²) < 4.78 is 5.34. The highest BCUT2D eigenvalue weighted by Crippen LogP contribution is 2.39. The zero-order valence-corrected chi connectivity index (χ0v) is 13.5. The summed E-state index contributed by atoms with van der Waals surface area (Å²) in [4.78, 5) is 13.6. The van der Waals surface area contributed by atoms with E-state index in [0.717, 1.165) is 0 Å². The summed E-state index contributed by atoms with van der Waals surface area (Å²) in [5.74, 6) is 0. The third kappa shape index (κ3) is 4.83. The molecular formula is C15H29NO5. The summed E-state index contributed by atoms with van der Waals surface area (Å²) in [5.41, 5.74) is -1.07. The van der Waals surface area contributed by atoms with E-state index in [1.807, 2.05) is 20.8 Å². The second kappa shape index (κ2) is 6.94. The van der Waals surface area contributed by atoms with Gasteiger partial charge in [0.05, 0.1) is 12.2 Å². The molecule has 1 heterocycles. The first-order valence-electron chi connectivity index (χ1n) is 7.56. The zero-order valence-electron chi connectivity index (χ0n) is 13.5. The maximum absolute atomic E-state index is 12.0. The lowest BCUT2D eigenvalue weighted by atomic mass is 9.70. The van der Waals surface area contributed by atoms with E-state index in [2.05, 4.69) is 0 Å². The van der Waals surface area contributed by atoms with Crippen molar-refractivity contribution in [1.82, 2.24) is 4.90 Å². The predicted octanol–water partition coefficient (Wildman–Crippen LogP) is 1.13. The molecule has 124 valence electrons. The largest absolute Gasteiger partial charge is 0.444 e. The fourth-order valence-electron chi connectivity index (χ4n) is 2.89. The normalized spacial score (nSPS) is 21.8. The Balaban J connectivity index is 2.68. The third-order valence-corrected chi connectivity index (χ3v) is 4.10. The Morgan fingerprint density at radius 2 is 1.81 bits per heavy atom. The molecule has 0 radical (unpaired) electrons. The number of hydrogen-bond acceptors (Lipinski definition) is 5. The van der Waals surface area contributed by atoms with E-state index in [1.165, 1.54) is 0 Å². The highest BCUT2D eigenvalue weighted by molar-refractivity contribution is 5.68. The van der Waals surface area contributed by atoms with Crippen LogP contribution in [0.15, 0.2) is 0 Å². The fourth-order valence-corrected chi connectivity index (χ4v) is 2.89. The van der Waals surface area contributed by atoms with Crippen molar-refractivity contribution in [1.29, 1.82) is 0 Å². The lowest BCUT2D eigenvalue weighted by Gasteiger charge is -2.45. The van der Waals surface area contributed by atoms with Crippen LogP contribution in [0, 0.1) is 5.41 Å². The molecular weight excluding hydrogens is 274 g/mol. The maximum Gasteiger partial charge on any atom is 0.410 e. The molecule has 6 heteroatoms. The SMILES string of the molecule is CC(O)C(O)C1(CCO)CCN(C(=O)OC(C)(C)C)CC1. The average molecular weight is 303 g/mol. The van der Waals surface area contributed by atoms with Gasteiger partial charge in [-0.25, -0.2) is 4.79 Å². The fraction of sp³-hybridized carbons (Fsp3) is 0.933. The number of aliphatic hydroxyl groups is 3. The summed E-state index contributed by atoms with van der Waals surface area (Å²) in [6.07, 6.45) is -0.611. The lowest BCUT2D eigenvalue weighted by Crippen LogP contribution is -2.52. The Morgan fingerprint density at radius 3 is 2.19 bits per heavy atom. The highest BCUT2D eigenvalue weighted by Gasteiger charge is 2.43. The number of nitrogens with zero attached hydrogens (tertiary/aromatic N) is 1. The minimum Gasteiger partial charge on any atom is -0.444 e. The molecule has 0 spiro atoms. The van der Waals surface area contributed by atoms with Crippen molar-refractivity contribution in [2.45, 2.75) is 64.8 Å². The van der Waals surface area contributed by atoms with Gasteiger partial charge in [-0.1, -0.05) is 0 Å². The first kappa shape index (κ1) is 18.2. The van der Waals surface area contributed by atoms with E-state index in [0.29, 0.717) is 32.4 Å². The molecule has 3 N–H and O–H groups in total. The van der Waals surface area contributed by atoms with Crippen LogP contribution in [0.5, 0.6) is 0 Å². The van der Waals surface area contributed by atoms with Crippen molar-refractivity contribution < 1.29 is 24.9 Å². The van der Waals surface area contributed by atoms with Crippen molar-refractivity contribution in [2.24, 2.45) is 5.41 Å². The summed E-state index contributed by atoms with van der Waals surface area (Å²) in [7, 11) is 0. The molecule has 6 nitrogen and oxygen atoms in total. The highest BCUT2D eigenvalue weighted by atomic mass is 16.6. The van der Waals surface area contributed by atoms with Gasteiger partial charge >= 0.3 is 6.09 Å². The van der Waals surface area contributed by atoms with Gasteiger partial charge in [0, 0.05) is 25.1 Å². The second-order valence-corrected chi connectivity index (χ2v) is 6.99. The molecule has 1 fully saturated rings. The molecule has 1 aliphatic heterocycles. The number of carbonyl (C=O) groups is 1. The molecule has 1 saturated heterocycles. The van der Waals surface area contributed by atoms with Gasteiger partial charge in [-0.15, -0.1) is 0 Å². The topological polar surface area (TPSA) is 90.2 Å². The van der Waals surface area contributed by atoms with E-state index in [1.54, 1.807) is 11.8 Å². The van der Waals surface area contributed by atoms with Gasteiger partial charge in [0.15, 0.2) is 0 Å². The number of likely N-dealkylation sites (tertiary alicyclic amines) is 1. The first-order valence-corrected chi connectivity index (χ1v) is 7.56. The van der Waals surface area contributed by atoms with Crippen LogP contribution in [0.1, 0.15) is 47.0 Å². The van der Waals surface area contributed by atoms with Crippen LogP contribution in [-0.2, 0) is 4.74 Å². The smallest absolute Gasteiger partial charge is 0.410 e. The first-order chi connectivity index (χ1) is 9.61. The van der Waals surface area contributed by atoms with E-state index in [-0.39, 0.29) is 12.7 Å². The van der Waals surface area contributed by atoms with Gasteiger partial charge in [0.2, 0.25) is 0 Å². The number of carbonyl (C=O) groups excluding carboxylic acids is 1. The molecule has 2 atom stereocenters. The molecule has 0 aromatic heterocycles. The Labute approximate surface area is 126 Å². The summed E-state index contributed by atoms with van der Waals surface area (Å²) in [5, 5.41) is 29.1. The van der Waals surface area contributed by atoms with Crippen LogP contribution >= 0.6 is 0 Å². The number of piperidine rings is 1. The number of hydrogen-bond donors (Lipinski definition) is 3. The van der Waals surface area contributed by atoms with Crippen molar-refractivity contribution in [2.75, 3.05) is 19.7 Å². The average Bonchev–Trinajstić information content (AvgIpc) is 2.36. The van der Waals surface area contributed by atoms with Crippen LogP contribution in [-0.4, -0.2) is 63.8 Å². The maximum atomic E-state index is 12.0. The molecule has 1 rings (SSSR count). The van der Waals surface area contributed by atoms with E-state index in [9.17, 15) is 20.1 Å². The summed E-state index contributed by atoms with van der Waals surface area (Å²) in [6.45, 7) is 7.88. The number of aliphatic hydroxyl groups excluding tert-OH is 3. The van der Waals surface area contributed by atoms with Crippen LogP contribution in [0.2, 0.25) is 0 Å². The van der Waals surface area contributed by atoms with Gasteiger partial charge < -0.3 is 25.0 Å². The Morgan fingerprint density at radius 1 is 1.29 bits per heavy atom. The Hall–Kier alpha value is -0.850. The number of rotatable bonds is 4. The molecule has 1 aliphatic rings. The van der Waals surface area contributed by atoms with Crippen LogP contribution in [0.25, 0.3) is 0 Å². The molecule has 21 heavy (non-hydrogen) atoms. The molecule has 1 amide bonds. The number of amides is 1. The molecule has 0 bridgehead atoms. The third-order valence-electron chi connectivity index (χ3n) is 4.10. The summed E-state index contributed by atoms with van der Waals surface area (Å²) >= 11 is 0. The van der Waals surface area contributed by atoms with E-state index in [4.69, 9.17) is 4.74 Å². The van der Waals surface area contributed by atoms with Gasteiger partial charge in [-0.3, -0.25) is 0 Å².